The predicted molar refractivity (Wildman–Crippen MR) is 371 cm³/mol. The van der Waals surface area contributed by atoms with Gasteiger partial charge >= 0.3 is 0 Å². The van der Waals surface area contributed by atoms with E-state index in [-0.39, 0.29) is 23.9 Å². The number of aromatic amines is 3. The summed E-state index contributed by atoms with van der Waals surface area (Å²) in [5.74, 6) is 2.96. The normalized spacial score (nSPS) is 15.7. The number of hydrogen-bond acceptors (Lipinski definition) is 19. The standard InChI is InChI=1S/2C18H20N6O.C18H21N5.C16H18N6/c1-12(25)24-9-5-13(6-10-24)22-18-20-8-4-16(23-18)15-11-21-17-14(15)3-2-7-19-17;1-12(25)22-13-5-9-24(10-6-13)18-20-8-4-16(23-18)15-11-21-17-14(15)3-2-7-19-17;1-23-12-15(14-8-5-10-19-17(14)23)16-9-11-20-18(22-16)21-13-6-3-2-4-7-13;1-2-12-13(10-20-15(12)18-6-1)14-5-9-19-16(22-14)21-11-3-7-17-8-4-11/h2-4,7-8,11,13H,5-6,9-10H2,1H3,(H,19,21)(H,20,22,23);2-4,7-8,11,13H,5-6,9-10H2,1H3,(H,19,21)(H,22,25);5,8-13H,2-4,6-7H2,1H3,(H,20,21,22);1-2,5-6,9-11,17H,3-4,7-8H2,(H,18,20)(H,19,21,22). The van der Waals surface area contributed by atoms with Crippen LogP contribution in [0.2, 0.25) is 0 Å². The molecule has 0 unspecified atom stereocenters. The van der Waals surface area contributed by atoms with Crippen LogP contribution >= 0.6 is 0 Å². The summed E-state index contributed by atoms with van der Waals surface area (Å²) >= 11 is 0. The van der Waals surface area contributed by atoms with Gasteiger partial charge in [0.15, 0.2) is 0 Å². The maximum absolute atomic E-state index is 11.4. The summed E-state index contributed by atoms with van der Waals surface area (Å²) in [6.45, 7) is 8.51. The Kier molecular flexibility index (Phi) is 19.8. The summed E-state index contributed by atoms with van der Waals surface area (Å²) in [6.07, 6.45) is 34.5. The van der Waals surface area contributed by atoms with Crippen LogP contribution in [-0.2, 0) is 16.6 Å². The predicted octanol–water partition coefficient (Wildman–Crippen LogP) is 10.5. The quantitative estimate of drug-likeness (QED) is 0.0564. The van der Waals surface area contributed by atoms with Crippen molar-refractivity contribution >= 4 is 79.7 Å². The molecule has 2 amide bonds. The van der Waals surface area contributed by atoms with Crippen LogP contribution in [0.5, 0.6) is 0 Å². The summed E-state index contributed by atoms with van der Waals surface area (Å²) in [5, 5.41) is 21.0. The van der Waals surface area contributed by atoms with E-state index < -0.39 is 0 Å². The number of amides is 2. The molecule has 4 fully saturated rings. The van der Waals surface area contributed by atoms with Gasteiger partial charge in [-0.1, -0.05) is 19.3 Å². The van der Waals surface area contributed by atoms with Crippen molar-refractivity contribution in [3.05, 3.63) is 147 Å². The number of pyridine rings is 4. The number of fused-ring (bicyclic) bond motifs is 4. The zero-order valence-electron chi connectivity index (χ0n) is 53.7. The van der Waals surface area contributed by atoms with Crippen molar-refractivity contribution < 1.29 is 9.59 Å². The Morgan fingerprint density at radius 2 is 0.874 bits per heavy atom. The third-order valence-electron chi connectivity index (χ3n) is 17.9. The summed E-state index contributed by atoms with van der Waals surface area (Å²) in [6, 6.07) is 25.2. The Bertz CT molecular complexity index is 4530. The van der Waals surface area contributed by atoms with Crippen LogP contribution in [0.25, 0.3) is 89.2 Å². The summed E-state index contributed by atoms with van der Waals surface area (Å²) in [4.78, 5) is 90.0. The van der Waals surface area contributed by atoms with Gasteiger partial charge in [0.25, 0.3) is 0 Å². The van der Waals surface area contributed by atoms with Crippen LogP contribution < -0.4 is 31.5 Å². The summed E-state index contributed by atoms with van der Waals surface area (Å²) < 4.78 is 2.04. The molecule has 0 radical (unpaired) electrons. The molecule has 486 valence electrons. The smallest absolute Gasteiger partial charge is 0.225 e. The van der Waals surface area contributed by atoms with Crippen molar-refractivity contribution in [2.75, 3.05) is 60.1 Å². The third kappa shape index (κ3) is 15.5. The van der Waals surface area contributed by atoms with E-state index in [1.165, 1.54) is 32.1 Å². The first-order valence-electron chi connectivity index (χ1n) is 32.9. The van der Waals surface area contributed by atoms with E-state index >= 15 is 0 Å². The van der Waals surface area contributed by atoms with Crippen LogP contribution in [0.15, 0.2) is 147 Å². The van der Waals surface area contributed by atoms with E-state index in [0.717, 1.165) is 179 Å². The number of anilines is 4. The van der Waals surface area contributed by atoms with Crippen molar-refractivity contribution in [2.24, 2.45) is 7.05 Å². The third-order valence-corrected chi connectivity index (χ3v) is 17.9. The molecule has 12 aromatic heterocycles. The molecular formula is C70H79N23O2. The fourth-order valence-corrected chi connectivity index (χ4v) is 12.9. The first-order valence-corrected chi connectivity index (χ1v) is 32.9. The van der Waals surface area contributed by atoms with Crippen LogP contribution in [0, 0.1) is 0 Å². The lowest BCUT2D eigenvalue weighted by Gasteiger charge is -2.32. The van der Waals surface area contributed by atoms with Crippen LogP contribution in [0.3, 0.4) is 0 Å². The molecule has 95 heavy (non-hydrogen) atoms. The zero-order chi connectivity index (χ0) is 64.9. The Labute approximate surface area is 549 Å². The molecule has 16 rings (SSSR count). The Hall–Kier alpha value is -10.8. The molecule has 25 nitrogen and oxygen atoms in total. The van der Waals surface area contributed by atoms with Gasteiger partial charge in [0.2, 0.25) is 35.6 Å². The highest BCUT2D eigenvalue weighted by Crippen LogP contribution is 2.32. The van der Waals surface area contributed by atoms with Gasteiger partial charge in [0.1, 0.15) is 22.6 Å². The number of nitrogens with one attached hydrogen (secondary N) is 8. The minimum absolute atomic E-state index is 0.0321. The van der Waals surface area contributed by atoms with Gasteiger partial charge in [-0.25, -0.2) is 59.8 Å². The van der Waals surface area contributed by atoms with Gasteiger partial charge in [-0.2, -0.15) is 0 Å². The second kappa shape index (κ2) is 29.9. The Morgan fingerprint density at radius 1 is 0.442 bits per heavy atom. The van der Waals surface area contributed by atoms with Crippen LogP contribution in [-0.4, -0.2) is 159 Å². The van der Waals surface area contributed by atoms with Gasteiger partial charge in [0, 0.05) is 189 Å². The van der Waals surface area contributed by atoms with E-state index in [1.54, 1.807) is 51.0 Å². The Balaban J connectivity index is 0.000000115. The number of aryl methyl sites for hydroxylation is 1. The van der Waals surface area contributed by atoms with Crippen molar-refractivity contribution in [2.45, 2.75) is 109 Å². The van der Waals surface area contributed by atoms with E-state index in [9.17, 15) is 9.59 Å². The average Bonchev–Trinajstić information content (AvgIpc) is 1.73. The number of piperidine rings is 3. The van der Waals surface area contributed by atoms with Crippen molar-refractivity contribution in [3.8, 4) is 45.0 Å². The van der Waals surface area contributed by atoms with Gasteiger partial charge in [-0.05, 0) is 137 Å². The number of rotatable bonds is 12. The number of aromatic nitrogens is 16. The topological polar surface area (TPSA) is 308 Å². The summed E-state index contributed by atoms with van der Waals surface area (Å²) in [5.41, 5.74) is 11.3. The highest BCUT2D eigenvalue weighted by atomic mass is 16.2. The molecular weight excluding hydrogens is 1190 g/mol. The highest BCUT2D eigenvalue weighted by molar-refractivity contribution is 5.95. The van der Waals surface area contributed by atoms with Gasteiger partial charge in [0.05, 0.1) is 22.8 Å². The number of carbonyl (C=O) groups excluding carboxylic acids is 2. The molecule has 3 aliphatic heterocycles. The molecule has 8 N–H and O–H groups in total. The monoisotopic (exact) mass is 1270 g/mol. The fourth-order valence-electron chi connectivity index (χ4n) is 12.9. The molecule has 15 heterocycles. The molecule has 0 spiro atoms. The molecule has 4 aliphatic rings. The maximum atomic E-state index is 11.4. The van der Waals surface area contributed by atoms with E-state index in [1.807, 2.05) is 108 Å². The van der Waals surface area contributed by atoms with Gasteiger partial charge in [-0.15, -0.1) is 0 Å². The van der Waals surface area contributed by atoms with Crippen LogP contribution in [0.1, 0.15) is 84.5 Å². The molecule has 3 saturated heterocycles. The molecule has 0 aromatic carbocycles. The molecule has 0 bridgehead atoms. The number of nitrogens with zero attached hydrogens (tertiary/aromatic N) is 15. The minimum atomic E-state index is 0.0321. The molecule has 0 atom stereocenters. The maximum Gasteiger partial charge on any atom is 0.225 e. The van der Waals surface area contributed by atoms with E-state index in [0.29, 0.717) is 24.0 Å². The second-order valence-electron chi connectivity index (χ2n) is 24.4. The average molecular weight is 1270 g/mol. The molecule has 12 aromatic rings. The van der Waals surface area contributed by atoms with Crippen molar-refractivity contribution in [1.29, 1.82) is 0 Å². The van der Waals surface area contributed by atoms with Gasteiger partial charge < -0.3 is 55.9 Å². The second-order valence-corrected chi connectivity index (χ2v) is 24.4. The van der Waals surface area contributed by atoms with Crippen molar-refractivity contribution in [1.82, 2.24) is 94.9 Å². The lowest BCUT2D eigenvalue weighted by Crippen LogP contribution is -2.44. The first kappa shape index (κ1) is 63.0. The van der Waals surface area contributed by atoms with Crippen LogP contribution in [0.4, 0.5) is 23.8 Å². The lowest BCUT2D eigenvalue weighted by molar-refractivity contribution is -0.129. The first-order chi connectivity index (χ1) is 46.6. The number of H-pyrrole nitrogens is 3. The largest absolute Gasteiger partial charge is 0.353 e. The number of hydrogen-bond donors (Lipinski definition) is 8. The molecule has 1 aliphatic carbocycles. The Morgan fingerprint density at radius 3 is 1.37 bits per heavy atom. The minimum Gasteiger partial charge on any atom is -0.353 e. The highest BCUT2D eigenvalue weighted by Gasteiger charge is 2.25. The SMILES string of the molecule is CC(=O)N1CCC(Nc2nccc(-c3c[nH]c4ncccc34)n2)CC1.CC(=O)NC1CCN(c2nccc(-c3c[nH]c4ncccc34)n2)CC1.Cn1cc(-c2ccnc(NC3CCCCC3)n2)c2cccnc21.c1cnc2[nH]cc(-c3ccnc(NC4CCNCC4)n3)c2c1. The lowest BCUT2D eigenvalue weighted by atomic mass is 9.96. The molecule has 25 heteroatoms. The number of carbonyl (C=O) groups is 2. The summed E-state index contributed by atoms with van der Waals surface area (Å²) in [7, 11) is 2.02. The molecule has 1 saturated carbocycles. The van der Waals surface area contributed by atoms with E-state index in [2.05, 4.69) is 115 Å². The van der Waals surface area contributed by atoms with E-state index in [4.69, 9.17) is 9.97 Å². The fraction of sp³-hybridized carbons (Fsp3) is 0.343. The number of likely N-dealkylation sites (tertiary alicyclic amines) is 1. The van der Waals surface area contributed by atoms with Crippen molar-refractivity contribution in [3.63, 3.8) is 0 Å². The zero-order valence-corrected chi connectivity index (χ0v) is 53.7. The van der Waals surface area contributed by atoms with Gasteiger partial charge in [-0.3, -0.25) is 9.59 Å².